The van der Waals surface area contributed by atoms with Crippen LogP contribution >= 0.6 is 12.2 Å². The fraction of sp³-hybridized carbons (Fsp3) is 0.471. The number of hydrogen-bond acceptors (Lipinski definition) is 7. The predicted molar refractivity (Wildman–Crippen MR) is 106 cm³/mol. The van der Waals surface area contributed by atoms with Crippen LogP contribution in [0.25, 0.3) is 11.5 Å². The molecule has 2 aromatic rings. The maximum atomic E-state index is 10.7. The summed E-state index contributed by atoms with van der Waals surface area (Å²) < 4.78 is 5.71. The molecule has 0 saturated carbocycles. The lowest BCUT2D eigenvalue weighted by Crippen LogP contribution is -2.45. The van der Waals surface area contributed by atoms with Crippen LogP contribution in [0.2, 0.25) is 0 Å². The van der Waals surface area contributed by atoms with Gasteiger partial charge in [-0.2, -0.15) is 0 Å². The van der Waals surface area contributed by atoms with E-state index in [0.29, 0.717) is 29.0 Å². The third-order valence-corrected chi connectivity index (χ3v) is 4.20. The van der Waals surface area contributed by atoms with Crippen molar-refractivity contribution in [2.75, 3.05) is 27.2 Å². The van der Waals surface area contributed by atoms with Crippen LogP contribution in [0.5, 0.6) is 0 Å². The number of thiocarbonyl (C=S) groups is 1. The van der Waals surface area contributed by atoms with E-state index in [0.717, 1.165) is 13.1 Å². The Hall–Kier alpha value is -2.59. The molecule has 0 bridgehead atoms. The van der Waals surface area contributed by atoms with Crippen molar-refractivity contribution in [1.29, 1.82) is 0 Å². The molecule has 0 unspecified atom stereocenters. The minimum Gasteiger partial charge on any atom is -0.419 e. The van der Waals surface area contributed by atoms with Crippen LogP contribution in [0.3, 0.4) is 0 Å². The van der Waals surface area contributed by atoms with Crippen molar-refractivity contribution >= 4 is 23.0 Å². The molecule has 0 amide bonds. The topological polar surface area (TPSA) is 101 Å². The van der Waals surface area contributed by atoms with Gasteiger partial charge in [0.2, 0.25) is 11.8 Å². The molecule has 1 aromatic carbocycles. The molecule has 10 heteroatoms. The molecule has 1 aromatic heterocycles. The first-order chi connectivity index (χ1) is 12.8. The molecule has 0 atom stereocenters. The summed E-state index contributed by atoms with van der Waals surface area (Å²) >= 11 is 5.48. The molecular weight excluding hydrogens is 368 g/mol. The van der Waals surface area contributed by atoms with Gasteiger partial charge in [0, 0.05) is 36.8 Å². The molecule has 9 nitrogen and oxygen atoms in total. The fourth-order valence-electron chi connectivity index (χ4n) is 2.28. The van der Waals surface area contributed by atoms with E-state index in [9.17, 15) is 10.1 Å². The summed E-state index contributed by atoms with van der Waals surface area (Å²) in [5, 5.41) is 22.7. The Morgan fingerprint density at radius 3 is 2.52 bits per heavy atom. The Bertz CT molecular complexity index is 775. The van der Waals surface area contributed by atoms with Gasteiger partial charge in [0.25, 0.3) is 5.69 Å². The van der Waals surface area contributed by atoms with Crippen LogP contribution in [0, 0.1) is 10.1 Å². The Kier molecular flexibility index (Phi) is 7.19. The largest absolute Gasteiger partial charge is 0.419 e. The highest BCUT2D eigenvalue weighted by atomic mass is 32.1. The minimum atomic E-state index is -0.451. The lowest BCUT2D eigenvalue weighted by Gasteiger charge is -2.28. The number of nitrogens with zero attached hydrogens (tertiary/aromatic N) is 5. The Morgan fingerprint density at radius 1 is 1.30 bits per heavy atom. The summed E-state index contributed by atoms with van der Waals surface area (Å²) in [6.07, 6.45) is 0. The normalized spacial score (nSPS) is 11.0. The quantitative estimate of drug-likeness (QED) is 0.412. The molecule has 2 rings (SSSR count). The molecule has 1 N–H and O–H groups in total. The van der Waals surface area contributed by atoms with Crippen molar-refractivity contribution in [3.05, 3.63) is 40.3 Å². The van der Waals surface area contributed by atoms with E-state index in [1.54, 1.807) is 12.1 Å². The first-order valence-electron chi connectivity index (χ1n) is 8.54. The van der Waals surface area contributed by atoms with Gasteiger partial charge in [-0.25, -0.2) is 0 Å². The molecule has 0 aliphatic rings. The summed E-state index contributed by atoms with van der Waals surface area (Å²) in [7, 11) is 4.01. The number of nitrogens with one attached hydrogen (secondary N) is 1. The molecule has 0 radical (unpaired) electrons. The van der Waals surface area contributed by atoms with Gasteiger partial charge < -0.3 is 19.5 Å². The van der Waals surface area contributed by atoms with Crippen molar-refractivity contribution in [2.24, 2.45) is 0 Å². The van der Waals surface area contributed by atoms with Crippen molar-refractivity contribution in [3.63, 3.8) is 0 Å². The van der Waals surface area contributed by atoms with Crippen molar-refractivity contribution < 1.29 is 9.34 Å². The zero-order valence-corrected chi connectivity index (χ0v) is 16.7. The molecule has 0 saturated heterocycles. The molecule has 27 heavy (non-hydrogen) atoms. The Labute approximate surface area is 163 Å². The van der Waals surface area contributed by atoms with Crippen LogP contribution in [-0.2, 0) is 6.54 Å². The van der Waals surface area contributed by atoms with Crippen molar-refractivity contribution in [2.45, 2.75) is 26.4 Å². The van der Waals surface area contributed by atoms with Gasteiger partial charge in [-0.1, -0.05) is 0 Å². The van der Waals surface area contributed by atoms with E-state index in [1.165, 1.54) is 12.1 Å². The lowest BCUT2D eigenvalue weighted by molar-refractivity contribution is -0.384. The number of likely N-dealkylation sites (N-methyl/N-ethyl adjacent to an activating group) is 1. The molecule has 1 heterocycles. The van der Waals surface area contributed by atoms with Gasteiger partial charge in [-0.3, -0.25) is 10.1 Å². The third-order valence-electron chi connectivity index (χ3n) is 3.82. The van der Waals surface area contributed by atoms with Gasteiger partial charge in [0.05, 0.1) is 11.5 Å². The highest BCUT2D eigenvalue weighted by Crippen LogP contribution is 2.21. The molecule has 0 spiro atoms. The summed E-state index contributed by atoms with van der Waals surface area (Å²) in [6, 6.07) is 6.14. The van der Waals surface area contributed by atoms with Gasteiger partial charge in [0.15, 0.2) is 5.11 Å². The Morgan fingerprint density at radius 2 is 1.96 bits per heavy atom. The number of benzene rings is 1. The number of aromatic nitrogens is 2. The summed E-state index contributed by atoms with van der Waals surface area (Å²) in [4.78, 5) is 14.3. The van der Waals surface area contributed by atoms with Crippen LogP contribution < -0.4 is 5.32 Å². The Balaban J connectivity index is 2.04. The highest BCUT2D eigenvalue weighted by molar-refractivity contribution is 7.80. The van der Waals surface area contributed by atoms with Gasteiger partial charge in [-0.15, -0.1) is 10.2 Å². The van der Waals surface area contributed by atoms with Crippen molar-refractivity contribution in [1.82, 2.24) is 25.3 Å². The number of hydrogen-bond donors (Lipinski definition) is 1. The van der Waals surface area contributed by atoms with E-state index in [-0.39, 0.29) is 11.7 Å². The zero-order valence-electron chi connectivity index (χ0n) is 15.9. The van der Waals surface area contributed by atoms with E-state index in [4.69, 9.17) is 16.6 Å². The number of nitro groups is 1. The fourth-order valence-corrected chi connectivity index (χ4v) is 2.66. The first kappa shape index (κ1) is 20.7. The summed E-state index contributed by atoms with van der Waals surface area (Å²) in [6.45, 7) is 6.07. The number of nitro benzene ring substituents is 1. The summed E-state index contributed by atoms with van der Waals surface area (Å²) in [5.41, 5.74) is 0.640. The summed E-state index contributed by atoms with van der Waals surface area (Å²) in [5.74, 6) is 0.740. The molecular formula is C17H24N6O3S. The van der Waals surface area contributed by atoms with Crippen LogP contribution in [0.15, 0.2) is 28.7 Å². The zero-order chi connectivity index (χ0) is 20.0. The molecule has 0 aliphatic heterocycles. The molecule has 0 fully saturated rings. The standard InChI is InChI=1S/C17H24N6O3S/c1-12(2)22(17(27)18-9-10-21(3)4)11-15-19-20-16(26-15)13-5-7-14(8-6-13)23(24)25/h5-8,12H,9-11H2,1-4H3,(H,18,27). The SMILES string of the molecule is CC(C)N(Cc1nnc(-c2ccc([N+](=O)[O-])cc2)o1)C(=S)NCCN(C)C. The van der Waals surface area contributed by atoms with Crippen LogP contribution in [-0.4, -0.2) is 63.3 Å². The van der Waals surface area contributed by atoms with E-state index in [2.05, 4.69) is 20.4 Å². The monoisotopic (exact) mass is 392 g/mol. The highest BCUT2D eigenvalue weighted by Gasteiger charge is 2.18. The maximum absolute atomic E-state index is 10.7. The average Bonchev–Trinajstić information content (AvgIpc) is 3.07. The third kappa shape index (κ3) is 5.97. The van der Waals surface area contributed by atoms with E-state index in [1.807, 2.05) is 32.8 Å². The first-order valence-corrected chi connectivity index (χ1v) is 8.95. The van der Waals surface area contributed by atoms with Crippen LogP contribution in [0.4, 0.5) is 5.69 Å². The van der Waals surface area contributed by atoms with E-state index < -0.39 is 4.92 Å². The molecule has 0 aliphatic carbocycles. The van der Waals surface area contributed by atoms with E-state index >= 15 is 0 Å². The minimum absolute atomic E-state index is 0.0126. The number of rotatable bonds is 8. The number of non-ortho nitro benzene ring substituents is 1. The smallest absolute Gasteiger partial charge is 0.269 e. The van der Waals surface area contributed by atoms with Gasteiger partial charge in [0.1, 0.15) is 0 Å². The van der Waals surface area contributed by atoms with Crippen molar-refractivity contribution in [3.8, 4) is 11.5 Å². The molecule has 146 valence electrons. The predicted octanol–water partition coefficient (Wildman–Crippen LogP) is 2.29. The van der Waals surface area contributed by atoms with Gasteiger partial charge in [-0.05, 0) is 52.3 Å². The second-order valence-electron chi connectivity index (χ2n) is 6.56. The average molecular weight is 392 g/mol. The second-order valence-corrected chi connectivity index (χ2v) is 6.95. The maximum Gasteiger partial charge on any atom is 0.269 e. The lowest BCUT2D eigenvalue weighted by atomic mass is 10.2. The van der Waals surface area contributed by atoms with Gasteiger partial charge >= 0.3 is 0 Å². The second kappa shape index (κ2) is 9.38. The van der Waals surface area contributed by atoms with Crippen LogP contribution in [0.1, 0.15) is 19.7 Å².